The number of hydrogen-bond donors (Lipinski definition) is 1. The van der Waals surface area contributed by atoms with E-state index in [4.69, 9.17) is 0 Å². The molecule has 0 heterocycles. The molecule has 0 saturated heterocycles. The highest BCUT2D eigenvalue weighted by Crippen LogP contribution is 2.30. The van der Waals surface area contributed by atoms with Gasteiger partial charge in [-0.05, 0) is 42.9 Å². The van der Waals surface area contributed by atoms with Crippen molar-refractivity contribution in [1.82, 2.24) is 5.32 Å². The van der Waals surface area contributed by atoms with Gasteiger partial charge in [0.25, 0.3) is 0 Å². The molecule has 1 saturated carbocycles. The van der Waals surface area contributed by atoms with Gasteiger partial charge >= 0.3 is 0 Å². The lowest BCUT2D eigenvalue weighted by atomic mass is 9.84. The van der Waals surface area contributed by atoms with Crippen LogP contribution in [0.25, 0.3) is 0 Å². The summed E-state index contributed by atoms with van der Waals surface area (Å²) in [5.41, 5.74) is 2.89. The Bertz CT molecular complexity index is 373. The second-order valence-electron chi connectivity index (χ2n) is 6.74. The standard InChI is InChI=1S/C19H31N/c1-15(2)17-10-12-18(13-11-17)19(20-3)14-9-16-7-5-4-6-8-16/h10-13,15-16,19-20H,4-9,14H2,1-3H3. The monoisotopic (exact) mass is 273 g/mol. The third-order valence-corrected chi connectivity index (χ3v) is 4.94. The van der Waals surface area contributed by atoms with Gasteiger partial charge in [-0.3, -0.25) is 0 Å². The van der Waals surface area contributed by atoms with Gasteiger partial charge in [0.1, 0.15) is 0 Å². The predicted octanol–water partition coefficient (Wildman–Crippen LogP) is 5.43. The van der Waals surface area contributed by atoms with Crippen LogP contribution in [0.5, 0.6) is 0 Å². The normalized spacial score (nSPS) is 18.4. The largest absolute Gasteiger partial charge is 0.313 e. The van der Waals surface area contributed by atoms with E-state index >= 15 is 0 Å². The molecular weight excluding hydrogens is 242 g/mol. The van der Waals surface area contributed by atoms with E-state index in [0.717, 1.165) is 5.92 Å². The number of nitrogens with one attached hydrogen (secondary N) is 1. The molecule has 1 fully saturated rings. The van der Waals surface area contributed by atoms with Gasteiger partial charge in [-0.2, -0.15) is 0 Å². The first-order chi connectivity index (χ1) is 9.70. The van der Waals surface area contributed by atoms with E-state index in [9.17, 15) is 0 Å². The maximum Gasteiger partial charge on any atom is 0.0317 e. The van der Waals surface area contributed by atoms with Crippen LogP contribution >= 0.6 is 0 Å². The van der Waals surface area contributed by atoms with Crippen LogP contribution < -0.4 is 5.32 Å². The summed E-state index contributed by atoms with van der Waals surface area (Å²) in [5, 5.41) is 3.51. The van der Waals surface area contributed by atoms with Gasteiger partial charge in [0.15, 0.2) is 0 Å². The average Bonchev–Trinajstić information content (AvgIpc) is 2.49. The van der Waals surface area contributed by atoms with Gasteiger partial charge in [0.05, 0.1) is 0 Å². The smallest absolute Gasteiger partial charge is 0.0317 e. The van der Waals surface area contributed by atoms with Crippen LogP contribution in [0.2, 0.25) is 0 Å². The fourth-order valence-electron chi connectivity index (χ4n) is 3.47. The maximum absolute atomic E-state index is 3.51. The topological polar surface area (TPSA) is 12.0 Å². The Kier molecular flexibility index (Phi) is 6.09. The van der Waals surface area contributed by atoms with E-state index in [-0.39, 0.29) is 0 Å². The summed E-state index contributed by atoms with van der Waals surface area (Å²) in [6.07, 6.45) is 9.96. The van der Waals surface area contributed by atoms with Crippen molar-refractivity contribution in [2.24, 2.45) is 5.92 Å². The molecule has 1 aromatic rings. The number of hydrogen-bond acceptors (Lipinski definition) is 1. The van der Waals surface area contributed by atoms with Crippen LogP contribution in [0.15, 0.2) is 24.3 Å². The molecule has 0 radical (unpaired) electrons. The summed E-state index contributed by atoms with van der Waals surface area (Å²) in [4.78, 5) is 0. The Morgan fingerprint density at radius 1 is 1.00 bits per heavy atom. The van der Waals surface area contributed by atoms with Crippen molar-refractivity contribution in [2.75, 3.05) is 7.05 Å². The van der Waals surface area contributed by atoms with Crippen molar-refractivity contribution < 1.29 is 0 Å². The Labute approximate surface area is 125 Å². The molecule has 1 nitrogen and oxygen atoms in total. The summed E-state index contributed by atoms with van der Waals surface area (Å²) >= 11 is 0. The molecule has 0 aromatic heterocycles. The van der Waals surface area contributed by atoms with Gasteiger partial charge in [0.2, 0.25) is 0 Å². The quantitative estimate of drug-likeness (QED) is 0.728. The van der Waals surface area contributed by atoms with Gasteiger partial charge in [-0.1, -0.05) is 70.2 Å². The molecule has 1 unspecified atom stereocenters. The Balaban J connectivity index is 1.89. The minimum absolute atomic E-state index is 0.526. The molecule has 0 bridgehead atoms. The molecule has 2 rings (SSSR count). The Morgan fingerprint density at radius 2 is 1.60 bits per heavy atom. The molecule has 0 spiro atoms. The van der Waals surface area contributed by atoms with Crippen molar-refractivity contribution in [2.45, 2.75) is 70.8 Å². The molecule has 0 aliphatic heterocycles. The van der Waals surface area contributed by atoms with Gasteiger partial charge in [-0.25, -0.2) is 0 Å². The predicted molar refractivity (Wildman–Crippen MR) is 88.1 cm³/mol. The summed E-state index contributed by atoms with van der Waals surface area (Å²) in [6.45, 7) is 4.52. The van der Waals surface area contributed by atoms with Crippen LogP contribution in [-0.4, -0.2) is 7.05 Å². The molecule has 1 heteroatoms. The highest BCUT2D eigenvalue weighted by Gasteiger charge is 2.16. The van der Waals surface area contributed by atoms with E-state index in [2.05, 4.69) is 50.5 Å². The first kappa shape index (κ1) is 15.6. The molecule has 1 atom stereocenters. The lowest BCUT2D eigenvalue weighted by molar-refractivity contribution is 0.317. The van der Waals surface area contributed by atoms with Crippen molar-refractivity contribution in [1.29, 1.82) is 0 Å². The lowest BCUT2D eigenvalue weighted by Crippen LogP contribution is -2.18. The summed E-state index contributed by atoms with van der Waals surface area (Å²) < 4.78 is 0. The highest BCUT2D eigenvalue weighted by molar-refractivity contribution is 5.26. The summed E-state index contributed by atoms with van der Waals surface area (Å²) in [5.74, 6) is 1.61. The van der Waals surface area contributed by atoms with Crippen LogP contribution in [0, 0.1) is 5.92 Å². The molecule has 1 N–H and O–H groups in total. The molecule has 1 aliphatic rings. The zero-order valence-corrected chi connectivity index (χ0v) is 13.5. The van der Waals surface area contributed by atoms with E-state index in [1.807, 2.05) is 0 Å². The van der Waals surface area contributed by atoms with Crippen molar-refractivity contribution in [3.05, 3.63) is 35.4 Å². The highest BCUT2D eigenvalue weighted by atomic mass is 14.9. The first-order valence-electron chi connectivity index (χ1n) is 8.48. The fraction of sp³-hybridized carbons (Fsp3) is 0.684. The van der Waals surface area contributed by atoms with Gasteiger partial charge < -0.3 is 5.32 Å². The minimum Gasteiger partial charge on any atom is -0.313 e. The third-order valence-electron chi connectivity index (χ3n) is 4.94. The number of benzene rings is 1. The molecule has 112 valence electrons. The van der Waals surface area contributed by atoms with E-state index in [0.29, 0.717) is 12.0 Å². The average molecular weight is 273 g/mol. The minimum atomic E-state index is 0.526. The Morgan fingerprint density at radius 3 is 2.15 bits per heavy atom. The molecule has 1 aliphatic carbocycles. The third kappa shape index (κ3) is 4.34. The van der Waals surface area contributed by atoms with Crippen molar-refractivity contribution in [3.8, 4) is 0 Å². The van der Waals surface area contributed by atoms with Crippen LogP contribution in [-0.2, 0) is 0 Å². The van der Waals surface area contributed by atoms with Gasteiger partial charge in [0, 0.05) is 6.04 Å². The summed E-state index contributed by atoms with van der Waals surface area (Å²) in [7, 11) is 2.10. The molecular formula is C19H31N. The molecule has 0 amide bonds. The fourth-order valence-corrected chi connectivity index (χ4v) is 3.47. The van der Waals surface area contributed by atoms with Gasteiger partial charge in [-0.15, -0.1) is 0 Å². The second kappa shape index (κ2) is 7.83. The molecule has 20 heavy (non-hydrogen) atoms. The van der Waals surface area contributed by atoms with Crippen molar-refractivity contribution in [3.63, 3.8) is 0 Å². The van der Waals surface area contributed by atoms with Crippen LogP contribution in [0.1, 0.15) is 81.9 Å². The first-order valence-corrected chi connectivity index (χ1v) is 8.48. The van der Waals surface area contributed by atoms with Crippen LogP contribution in [0.4, 0.5) is 0 Å². The molecule has 1 aromatic carbocycles. The lowest BCUT2D eigenvalue weighted by Gasteiger charge is -2.24. The van der Waals surface area contributed by atoms with E-state index in [1.165, 1.54) is 56.1 Å². The van der Waals surface area contributed by atoms with E-state index in [1.54, 1.807) is 0 Å². The second-order valence-corrected chi connectivity index (χ2v) is 6.74. The summed E-state index contributed by atoms with van der Waals surface area (Å²) in [6, 6.07) is 9.75. The SMILES string of the molecule is CNC(CCC1CCCCC1)c1ccc(C(C)C)cc1. The van der Waals surface area contributed by atoms with Crippen LogP contribution in [0.3, 0.4) is 0 Å². The zero-order chi connectivity index (χ0) is 14.4. The number of rotatable bonds is 6. The van der Waals surface area contributed by atoms with Crippen molar-refractivity contribution >= 4 is 0 Å². The van der Waals surface area contributed by atoms with E-state index < -0.39 is 0 Å². The Hall–Kier alpha value is -0.820. The zero-order valence-electron chi connectivity index (χ0n) is 13.5. The maximum atomic E-state index is 3.51.